The number of anilines is 2. The van der Waals surface area contributed by atoms with Gasteiger partial charge in [-0.2, -0.15) is 0 Å². The molecule has 0 aromatic heterocycles. The van der Waals surface area contributed by atoms with Crippen molar-refractivity contribution in [2.75, 3.05) is 4.31 Å². The van der Waals surface area contributed by atoms with Gasteiger partial charge in [-0.3, -0.25) is 4.55 Å². The van der Waals surface area contributed by atoms with E-state index in [4.69, 9.17) is 5.14 Å². The smallest absolute Gasteiger partial charge is 0.406 e. The Hall–Kier alpha value is -2.93. The Morgan fingerprint density at radius 2 is 1.62 bits per heavy atom. The number of sulfonamides is 1. The number of ether oxygens (including phenoxy) is 1. The molecule has 0 amide bonds. The molecule has 1 atom stereocenters. The van der Waals surface area contributed by atoms with Crippen LogP contribution in [0.5, 0.6) is 5.75 Å². The summed E-state index contributed by atoms with van der Waals surface area (Å²) in [6.45, 7) is 1.63. The lowest BCUT2D eigenvalue weighted by atomic mass is 10.0. The Morgan fingerprint density at radius 1 is 1.00 bits per heavy atom. The summed E-state index contributed by atoms with van der Waals surface area (Å²) in [6.07, 6.45) is -4.86. The van der Waals surface area contributed by atoms with Gasteiger partial charge in [-0.1, -0.05) is 30.3 Å². The minimum Gasteiger partial charge on any atom is -0.406 e. The monoisotopic (exact) mass is 486 g/mol. The zero-order chi connectivity index (χ0) is 23.7. The van der Waals surface area contributed by atoms with Crippen molar-refractivity contribution < 1.29 is 35.1 Å². The maximum atomic E-state index is 12.5. The number of primary sulfonamides is 1. The first-order valence-corrected chi connectivity index (χ1v) is 11.5. The van der Waals surface area contributed by atoms with Gasteiger partial charge >= 0.3 is 6.36 Å². The maximum absolute atomic E-state index is 12.5. The topological polar surface area (TPSA) is 110 Å². The zero-order valence-electron chi connectivity index (χ0n) is 16.4. The van der Waals surface area contributed by atoms with Gasteiger partial charge in [0.1, 0.15) is 10.6 Å². The molecular formula is C20H17F3N2O5S2. The van der Waals surface area contributed by atoms with Gasteiger partial charge < -0.3 is 4.74 Å². The lowest BCUT2D eigenvalue weighted by molar-refractivity contribution is -0.274. The van der Waals surface area contributed by atoms with E-state index < -0.39 is 33.4 Å². The Balaban J connectivity index is 2.11. The van der Waals surface area contributed by atoms with Crippen LogP contribution in [-0.4, -0.2) is 23.5 Å². The van der Waals surface area contributed by atoms with Crippen molar-refractivity contribution in [3.8, 4) is 16.9 Å². The Morgan fingerprint density at radius 3 is 2.22 bits per heavy atom. The van der Waals surface area contributed by atoms with Crippen LogP contribution in [0.2, 0.25) is 0 Å². The Kier molecular flexibility index (Phi) is 6.60. The molecule has 0 heterocycles. The van der Waals surface area contributed by atoms with Gasteiger partial charge in [0.05, 0.1) is 11.4 Å². The lowest BCUT2D eigenvalue weighted by Crippen LogP contribution is -2.23. The molecule has 0 aliphatic rings. The van der Waals surface area contributed by atoms with E-state index in [2.05, 4.69) is 4.74 Å². The fraction of sp³-hybridized carbons (Fsp3) is 0.100. The number of nitrogens with two attached hydrogens (primary N) is 1. The van der Waals surface area contributed by atoms with Crippen molar-refractivity contribution >= 4 is 32.7 Å². The molecule has 0 aliphatic heterocycles. The van der Waals surface area contributed by atoms with Crippen LogP contribution >= 0.6 is 0 Å². The lowest BCUT2D eigenvalue weighted by Gasteiger charge is -2.23. The predicted molar refractivity (Wildman–Crippen MR) is 114 cm³/mol. The minimum absolute atomic E-state index is 0.110. The van der Waals surface area contributed by atoms with Gasteiger partial charge in [0.15, 0.2) is 0 Å². The molecule has 0 aliphatic carbocycles. The Labute approximate surface area is 184 Å². The molecule has 32 heavy (non-hydrogen) atoms. The summed E-state index contributed by atoms with van der Waals surface area (Å²) in [5, 5.41) is 5.29. The third-order valence-electron chi connectivity index (χ3n) is 4.28. The molecule has 0 bridgehead atoms. The summed E-state index contributed by atoms with van der Waals surface area (Å²) in [5.74, 6) is -0.432. The third-order valence-corrected chi connectivity index (χ3v) is 5.94. The van der Waals surface area contributed by atoms with Gasteiger partial charge in [-0.25, -0.2) is 22.1 Å². The van der Waals surface area contributed by atoms with E-state index in [0.29, 0.717) is 16.7 Å². The second kappa shape index (κ2) is 8.90. The fourth-order valence-electron chi connectivity index (χ4n) is 3.01. The molecule has 0 saturated heterocycles. The predicted octanol–water partition coefficient (Wildman–Crippen LogP) is 4.48. The number of hydrogen-bond acceptors (Lipinski definition) is 4. The van der Waals surface area contributed by atoms with E-state index in [-0.39, 0.29) is 16.3 Å². The van der Waals surface area contributed by atoms with Crippen molar-refractivity contribution in [1.82, 2.24) is 0 Å². The first kappa shape index (κ1) is 23.7. The Bertz CT molecular complexity index is 1280. The average Bonchev–Trinajstić information content (AvgIpc) is 2.67. The maximum Gasteiger partial charge on any atom is 0.573 e. The highest BCUT2D eigenvalue weighted by Gasteiger charge is 2.31. The van der Waals surface area contributed by atoms with Crippen molar-refractivity contribution in [1.29, 1.82) is 0 Å². The minimum atomic E-state index is -4.86. The van der Waals surface area contributed by atoms with E-state index in [9.17, 15) is 30.4 Å². The van der Waals surface area contributed by atoms with Crippen LogP contribution in [0, 0.1) is 6.92 Å². The highest BCUT2D eigenvalue weighted by molar-refractivity contribution is 7.89. The van der Waals surface area contributed by atoms with Gasteiger partial charge in [-0.15, -0.1) is 13.2 Å². The van der Waals surface area contributed by atoms with Crippen LogP contribution in [0.1, 0.15) is 5.56 Å². The van der Waals surface area contributed by atoms with Gasteiger partial charge in [0.25, 0.3) is 11.3 Å². The third kappa shape index (κ3) is 5.65. The first-order valence-electron chi connectivity index (χ1n) is 8.86. The summed E-state index contributed by atoms with van der Waals surface area (Å²) in [7, 11) is -4.24. The van der Waals surface area contributed by atoms with Crippen molar-refractivity contribution in [3.63, 3.8) is 0 Å². The van der Waals surface area contributed by atoms with E-state index in [1.807, 2.05) is 0 Å². The molecule has 3 aromatic rings. The van der Waals surface area contributed by atoms with E-state index in [1.165, 1.54) is 42.5 Å². The second-order valence-corrected chi connectivity index (χ2v) is 9.02. The molecule has 3 aromatic carbocycles. The van der Waals surface area contributed by atoms with E-state index in [1.54, 1.807) is 19.1 Å². The number of aryl methyl sites for hydroxylation is 1. The molecule has 3 N–H and O–H groups in total. The summed E-state index contributed by atoms with van der Waals surface area (Å²) in [5.41, 5.74) is 1.28. The van der Waals surface area contributed by atoms with Crippen molar-refractivity contribution in [2.24, 2.45) is 5.14 Å². The van der Waals surface area contributed by atoms with E-state index >= 15 is 0 Å². The van der Waals surface area contributed by atoms with Crippen LogP contribution in [0.3, 0.4) is 0 Å². The first-order chi connectivity index (χ1) is 14.8. The number of benzene rings is 3. The van der Waals surface area contributed by atoms with Crippen LogP contribution in [0.15, 0.2) is 71.6 Å². The van der Waals surface area contributed by atoms with Crippen LogP contribution in [0.4, 0.5) is 24.5 Å². The van der Waals surface area contributed by atoms with Crippen LogP contribution < -0.4 is 14.2 Å². The molecule has 170 valence electrons. The van der Waals surface area contributed by atoms with Crippen molar-refractivity contribution in [2.45, 2.75) is 18.2 Å². The SMILES string of the molecule is Cc1ccc(N(c2cccc(-c3cccc(OC(F)(F)F)c3)c2)S(=O)O)c(S(N)(=O)=O)c1. The quantitative estimate of drug-likeness (QED) is 0.499. The number of rotatable bonds is 6. The standard InChI is InChI=1S/C20H17F3N2O5S2/c1-13-8-9-18(19(10-13)32(24,28)29)25(31(26)27)16-6-2-4-14(11-16)15-5-3-7-17(12-15)30-20(21,22)23/h2-12H,1H3,(H,26,27)(H2,24,28,29). The summed E-state index contributed by atoms with van der Waals surface area (Å²) in [6, 6.07) is 15.3. The largest absolute Gasteiger partial charge is 0.573 e. The molecule has 0 saturated carbocycles. The summed E-state index contributed by atoms with van der Waals surface area (Å²) in [4.78, 5) is -0.356. The number of hydrogen-bond donors (Lipinski definition) is 2. The van der Waals surface area contributed by atoms with Gasteiger partial charge in [0.2, 0.25) is 10.0 Å². The molecule has 12 heteroatoms. The normalized spacial score (nSPS) is 12.9. The summed E-state index contributed by atoms with van der Waals surface area (Å²) >= 11 is -2.70. The molecule has 1 unspecified atom stereocenters. The summed E-state index contributed by atoms with van der Waals surface area (Å²) < 4.78 is 88.6. The van der Waals surface area contributed by atoms with Crippen molar-refractivity contribution in [3.05, 3.63) is 72.3 Å². The molecule has 0 radical (unpaired) electrons. The van der Waals surface area contributed by atoms with Crippen LogP contribution in [-0.2, 0) is 21.3 Å². The van der Waals surface area contributed by atoms with Gasteiger partial charge in [-0.05, 0) is 60.0 Å². The average molecular weight is 486 g/mol. The highest BCUT2D eigenvalue weighted by Crippen LogP contribution is 2.35. The molecular weight excluding hydrogens is 469 g/mol. The highest BCUT2D eigenvalue weighted by atomic mass is 32.2. The molecule has 0 spiro atoms. The van der Waals surface area contributed by atoms with Gasteiger partial charge in [0, 0.05) is 0 Å². The molecule has 0 fully saturated rings. The van der Waals surface area contributed by atoms with E-state index in [0.717, 1.165) is 16.4 Å². The number of halogens is 3. The number of nitrogens with zero attached hydrogens (tertiary/aromatic N) is 1. The van der Waals surface area contributed by atoms with Crippen LogP contribution in [0.25, 0.3) is 11.1 Å². The fourth-order valence-corrected chi connectivity index (χ4v) is 4.50. The molecule has 3 rings (SSSR count). The number of alkyl halides is 3. The second-order valence-electron chi connectivity index (χ2n) is 6.67. The zero-order valence-corrected chi connectivity index (χ0v) is 18.0. The molecule has 7 nitrogen and oxygen atoms in total.